The first kappa shape index (κ1) is 15.6. The Morgan fingerprint density at radius 1 is 0.947 bits per heavy atom. The fraction of sp³-hybridized carbons (Fsp3) is 0.214. The third-order valence-electron chi connectivity index (χ3n) is 3.12. The Bertz CT molecular complexity index is 613. The van der Waals surface area contributed by atoms with Gasteiger partial charge < -0.3 is 12.4 Å². The van der Waals surface area contributed by atoms with Crippen molar-refractivity contribution in [2.24, 2.45) is 0 Å². The van der Waals surface area contributed by atoms with Crippen LogP contribution in [0.4, 0.5) is 0 Å². The number of aryl methyl sites for hydroxylation is 1. The Labute approximate surface area is 123 Å². The van der Waals surface area contributed by atoms with E-state index < -0.39 is 0 Å². The number of carbonyl (C=O) groups is 2. The smallest absolute Gasteiger partial charge is 0.281 e. The first-order valence-electron chi connectivity index (χ1n) is 5.58. The lowest BCUT2D eigenvalue weighted by molar-refractivity contribution is -0.577. The summed E-state index contributed by atoms with van der Waals surface area (Å²) < 4.78 is 1.59. The van der Waals surface area contributed by atoms with Crippen LogP contribution in [0, 0.1) is 6.92 Å². The molecule has 0 amide bonds. The molecule has 0 spiro atoms. The second-order valence-electron chi connectivity index (χ2n) is 4.35. The highest BCUT2D eigenvalue weighted by Crippen LogP contribution is 2.26. The molecule has 1 aliphatic carbocycles. The Hall–Kier alpha value is -1.45. The molecule has 0 bridgehead atoms. The molecule has 0 saturated carbocycles. The number of rotatable bonds is 1. The van der Waals surface area contributed by atoms with Gasteiger partial charge in [0.05, 0.1) is 0 Å². The normalized spacial score (nSPS) is 15.8. The molecule has 0 radical (unpaired) electrons. The average molecular weight is 298 g/mol. The standard InChI is InChI=1S/C14H13ClNO2.ClH/c1-8-4-6-16(7-5-8)12-11(15)13(17)9(2)10(3)14(12)18;/h4-7H,1-3H3;1H/q+1;/p-1. The summed E-state index contributed by atoms with van der Waals surface area (Å²) in [5.41, 5.74) is 2.17. The number of ketones is 2. The minimum atomic E-state index is -0.281. The highest BCUT2D eigenvalue weighted by molar-refractivity contribution is 6.53. The topological polar surface area (TPSA) is 38.0 Å². The number of hydrogen-bond acceptors (Lipinski definition) is 2. The maximum atomic E-state index is 12.2. The van der Waals surface area contributed by atoms with Crippen LogP contribution in [0.2, 0.25) is 0 Å². The van der Waals surface area contributed by atoms with Crippen molar-refractivity contribution in [3.8, 4) is 0 Å². The van der Waals surface area contributed by atoms with Gasteiger partial charge in [0.15, 0.2) is 17.4 Å². The van der Waals surface area contributed by atoms with E-state index in [9.17, 15) is 9.59 Å². The Balaban J connectivity index is 0.00000180. The number of hydrogen-bond donors (Lipinski definition) is 0. The molecule has 1 heterocycles. The second-order valence-corrected chi connectivity index (χ2v) is 4.73. The van der Waals surface area contributed by atoms with E-state index in [1.165, 1.54) is 0 Å². The largest absolute Gasteiger partial charge is 1.00 e. The molecule has 100 valence electrons. The number of halogens is 2. The van der Waals surface area contributed by atoms with Crippen LogP contribution in [-0.4, -0.2) is 11.6 Å². The van der Waals surface area contributed by atoms with Gasteiger partial charge in [0, 0.05) is 23.3 Å². The van der Waals surface area contributed by atoms with E-state index in [4.69, 9.17) is 11.6 Å². The molecule has 1 aromatic heterocycles. The Morgan fingerprint density at radius 2 is 1.42 bits per heavy atom. The number of Topliss-reactive ketones (excluding diaryl/α,β-unsaturated/α-hetero) is 2. The van der Waals surface area contributed by atoms with E-state index in [2.05, 4.69) is 0 Å². The summed E-state index contributed by atoms with van der Waals surface area (Å²) in [5, 5.41) is -0.0167. The van der Waals surface area contributed by atoms with Gasteiger partial charge in [-0.05, 0) is 26.3 Å². The zero-order chi connectivity index (χ0) is 13.4. The van der Waals surface area contributed by atoms with Crippen LogP contribution >= 0.6 is 11.6 Å². The summed E-state index contributed by atoms with van der Waals surface area (Å²) in [6, 6.07) is 3.71. The van der Waals surface area contributed by atoms with Crippen LogP contribution in [0.25, 0.3) is 5.70 Å². The van der Waals surface area contributed by atoms with Crippen LogP contribution < -0.4 is 17.0 Å². The number of nitrogens with zero attached hydrogens (tertiary/aromatic N) is 1. The van der Waals surface area contributed by atoms with E-state index in [-0.39, 0.29) is 34.7 Å². The predicted octanol–water partition coefficient (Wildman–Crippen LogP) is -0.818. The van der Waals surface area contributed by atoms with E-state index in [0.29, 0.717) is 11.1 Å². The van der Waals surface area contributed by atoms with Crippen molar-refractivity contribution in [2.45, 2.75) is 20.8 Å². The van der Waals surface area contributed by atoms with Crippen molar-refractivity contribution in [2.75, 3.05) is 0 Å². The molecule has 0 N–H and O–H groups in total. The van der Waals surface area contributed by atoms with Crippen molar-refractivity contribution < 1.29 is 26.6 Å². The molecular formula is C14H13Cl2NO2. The number of allylic oxidation sites excluding steroid dienone is 4. The van der Waals surface area contributed by atoms with Crippen molar-refractivity contribution in [3.63, 3.8) is 0 Å². The maximum absolute atomic E-state index is 12.2. The Kier molecular flexibility index (Phi) is 4.66. The zero-order valence-electron chi connectivity index (χ0n) is 10.8. The minimum absolute atomic E-state index is 0. The summed E-state index contributed by atoms with van der Waals surface area (Å²) in [6.45, 7) is 5.21. The van der Waals surface area contributed by atoms with Gasteiger partial charge in [0.1, 0.15) is 0 Å². The van der Waals surface area contributed by atoms with Gasteiger partial charge in [-0.2, -0.15) is 4.57 Å². The molecule has 1 aromatic rings. The molecular weight excluding hydrogens is 285 g/mol. The second kappa shape index (κ2) is 5.68. The lowest BCUT2D eigenvalue weighted by Gasteiger charge is -2.12. The molecule has 0 atom stereocenters. The minimum Gasteiger partial charge on any atom is -1.00 e. The Morgan fingerprint density at radius 3 is 1.95 bits per heavy atom. The zero-order valence-corrected chi connectivity index (χ0v) is 12.3. The van der Waals surface area contributed by atoms with Crippen molar-refractivity contribution in [1.29, 1.82) is 0 Å². The summed E-state index contributed by atoms with van der Waals surface area (Å²) in [5.74, 6) is -0.484. The molecule has 0 unspecified atom stereocenters. The predicted molar refractivity (Wildman–Crippen MR) is 68.8 cm³/mol. The number of carbonyl (C=O) groups excluding carboxylic acids is 2. The van der Waals surface area contributed by atoms with Crippen LogP contribution in [0.3, 0.4) is 0 Å². The molecule has 0 aliphatic heterocycles. The van der Waals surface area contributed by atoms with E-state index in [0.717, 1.165) is 5.56 Å². The molecule has 0 saturated heterocycles. The highest BCUT2D eigenvalue weighted by Gasteiger charge is 2.35. The van der Waals surface area contributed by atoms with Gasteiger partial charge in [0.2, 0.25) is 5.78 Å². The molecule has 0 aromatic carbocycles. The van der Waals surface area contributed by atoms with Crippen molar-refractivity contribution >= 4 is 28.9 Å². The molecule has 5 heteroatoms. The van der Waals surface area contributed by atoms with Gasteiger partial charge in [-0.3, -0.25) is 9.59 Å². The van der Waals surface area contributed by atoms with E-state index in [1.54, 1.807) is 30.8 Å². The first-order chi connectivity index (χ1) is 8.43. The van der Waals surface area contributed by atoms with Crippen LogP contribution in [0.5, 0.6) is 0 Å². The summed E-state index contributed by atoms with van der Waals surface area (Å²) in [7, 11) is 0. The number of aromatic nitrogens is 1. The monoisotopic (exact) mass is 297 g/mol. The van der Waals surface area contributed by atoms with Crippen molar-refractivity contribution in [3.05, 3.63) is 46.3 Å². The molecule has 3 nitrogen and oxygen atoms in total. The first-order valence-corrected chi connectivity index (χ1v) is 5.96. The fourth-order valence-corrected chi connectivity index (χ4v) is 2.10. The maximum Gasteiger partial charge on any atom is 0.281 e. The van der Waals surface area contributed by atoms with Crippen LogP contribution in [-0.2, 0) is 9.59 Å². The van der Waals surface area contributed by atoms with Gasteiger partial charge in [-0.1, -0.05) is 11.6 Å². The van der Waals surface area contributed by atoms with E-state index >= 15 is 0 Å². The number of pyridine rings is 1. The third kappa shape index (κ3) is 2.62. The quantitative estimate of drug-likeness (QED) is 0.502. The SMILES string of the molecule is CC1=C(C)C(=O)C([n+]2ccc(C)cc2)=C(Cl)C1=O.[Cl-]. The van der Waals surface area contributed by atoms with Crippen LogP contribution in [0.1, 0.15) is 19.4 Å². The summed E-state index contributed by atoms with van der Waals surface area (Å²) in [4.78, 5) is 24.1. The van der Waals surface area contributed by atoms with Crippen molar-refractivity contribution in [1.82, 2.24) is 0 Å². The molecule has 19 heavy (non-hydrogen) atoms. The van der Waals surface area contributed by atoms with Gasteiger partial charge in [-0.15, -0.1) is 0 Å². The highest BCUT2D eigenvalue weighted by atomic mass is 35.5. The molecule has 2 rings (SSSR count). The van der Waals surface area contributed by atoms with E-state index in [1.807, 2.05) is 19.1 Å². The third-order valence-corrected chi connectivity index (χ3v) is 3.47. The van der Waals surface area contributed by atoms with Gasteiger partial charge >= 0.3 is 0 Å². The summed E-state index contributed by atoms with van der Waals surface area (Å²) >= 11 is 6.02. The lowest BCUT2D eigenvalue weighted by atomic mass is 9.94. The average Bonchev–Trinajstić information content (AvgIpc) is 2.36. The molecule has 0 fully saturated rings. The van der Waals surface area contributed by atoms with Gasteiger partial charge in [-0.25, -0.2) is 0 Å². The van der Waals surface area contributed by atoms with Crippen LogP contribution in [0.15, 0.2) is 40.7 Å². The lowest BCUT2D eigenvalue weighted by Crippen LogP contribution is -3.00. The van der Waals surface area contributed by atoms with Gasteiger partial charge in [0.25, 0.3) is 11.5 Å². The summed E-state index contributed by atoms with van der Waals surface area (Å²) in [6.07, 6.45) is 3.46. The molecule has 1 aliphatic rings. The fourth-order valence-electron chi connectivity index (χ4n) is 1.77.